The summed E-state index contributed by atoms with van der Waals surface area (Å²) in [4.78, 5) is 186. The van der Waals surface area contributed by atoms with Gasteiger partial charge in [-0.1, -0.05) is 76.6 Å². The second-order valence-electron chi connectivity index (χ2n) is 22.3. The number of phenolic OH excluding ortho intramolecular Hbond substituents is 1. The highest BCUT2D eigenvalue weighted by Gasteiger charge is 2.40. The Kier molecular flexibility index (Phi) is 34.0. The Bertz CT molecular complexity index is 2920. The Morgan fingerprint density at radius 2 is 1.02 bits per heavy atom. The molecule has 2 aromatic rings. The number of carbonyl (C=O) groups excluding carboxylic acids is 10. The van der Waals surface area contributed by atoms with E-state index in [-0.39, 0.29) is 82.1 Å². The molecule has 0 unspecified atom stereocenters. The normalized spacial score (nSPS) is 15.2. The van der Waals surface area contributed by atoms with Crippen molar-refractivity contribution < 1.29 is 91.7 Å². The highest BCUT2D eigenvalue weighted by molar-refractivity contribution is 7.46. The van der Waals surface area contributed by atoms with Crippen molar-refractivity contribution >= 4 is 84.8 Å². The van der Waals surface area contributed by atoms with Crippen molar-refractivity contribution in [2.45, 2.75) is 179 Å². The zero-order valence-corrected chi connectivity index (χ0v) is 53.0. The number of phenols is 1. The minimum Gasteiger partial charge on any atom is -0.508 e. The maximum Gasteiger partial charge on any atom is 0.469 e. The van der Waals surface area contributed by atoms with Crippen molar-refractivity contribution in [1.29, 1.82) is 0 Å². The number of aromatic hydroxyl groups is 1. The predicted octanol–water partition coefficient (Wildman–Crippen LogP) is -3.90. The Hall–Kier alpha value is -8.82. The van der Waals surface area contributed by atoms with Crippen LogP contribution < -0.4 is 76.5 Å². The van der Waals surface area contributed by atoms with Crippen molar-refractivity contribution in [1.82, 2.24) is 47.9 Å². The monoisotopic (exact) mass is 1320 g/mol. The number of nitrogens with one attached hydrogen (secondary N) is 9. The van der Waals surface area contributed by atoms with Crippen molar-refractivity contribution in [3.8, 4) is 5.75 Å². The van der Waals surface area contributed by atoms with Crippen LogP contribution in [0.3, 0.4) is 0 Å². The molecular weight excluding hydrogens is 1230 g/mol. The van der Waals surface area contributed by atoms with Gasteiger partial charge in [0, 0.05) is 25.8 Å². The third kappa shape index (κ3) is 29.4. The van der Waals surface area contributed by atoms with Gasteiger partial charge in [-0.2, -0.15) is 0 Å². The summed E-state index contributed by atoms with van der Waals surface area (Å²) in [7, 11) is -5.53. The van der Waals surface area contributed by atoms with Gasteiger partial charge in [0.15, 0.2) is 5.96 Å². The highest BCUT2D eigenvalue weighted by Crippen LogP contribution is 2.38. The van der Waals surface area contributed by atoms with E-state index in [0.717, 1.165) is 6.92 Å². The second-order valence-corrected chi connectivity index (χ2v) is 23.5. The lowest BCUT2D eigenvalue weighted by Gasteiger charge is -2.31. The van der Waals surface area contributed by atoms with Crippen molar-refractivity contribution in [2.24, 2.45) is 45.5 Å². The van der Waals surface area contributed by atoms with Crippen LogP contribution in [0.5, 0.6) is 5.75 Å². The lowest BCUT2D eigenvalue weighted by molar-refractivity contribution is -0.142. The van der Waals surface area contributed by atoms with Crippen LogP contribution in [0.25, 0.3) is 0 Å². The molecule has 0 bridgehead atoms. The molecule has 0 heterocycles. The molecule has 10 amide bonds. The molecule has 0 saturated heterocycles. The number of carboxylic acids is 2. The van der Waals surface area contributed by atoms with Gasteiger partial charge < -0.3 is 102 Å². The van der Waals surface area contributed by atoms with Crippen molar-refractivity contribution in [2.75, 3.05) is 13.1 Å². The number of amides is 10. The van der Waals surface area contributed by atoms with Crippen LogP contribution in [0.2, 0.25) is 0 Å². The summed E-state index contributed by atoms with van der Waals surface area (Å²) in [6.07, 6.45) is -4.60. The number of benzene rings is 2. The fraction of sp³-hybridized carbons (Fsp3) is 0.561. The van der Waals surface area contributed by atoms with E-state index >= 15 is 0 Å². The summed E-state index contributed by atoms with van der Waals surface area (Å²) in [5.74, 6) is -15.3. The molecule has 2 rings (SSSR count). The van der Waals surface area contributed by atoms with E-state index in [1.807, 2.05) is 0 Å². The van der Waals surface area contributed by atoms with E-state index in [4.69, 9.17) is 33.2 Å². The molecule has 35 heteroatoms. The minimum atomic E-state index is -5.53. The van der Waals surface area contributed by atoms with E-state index in [2.05, 4.69) is 52.8 Å². The number of primary amides is 1. The number of phosphoric ester groups is 1. The zero-order valence-electron chi connectivity index (χ0n) is 52.1. The first kappa shape index (κ1) is 79.3. The largest absolute Gasteiger partial charge is 0.508 e. The van der Waals surface area contributed by atoms with Crippen molar-refractivity contribution in [3.63, 3.8) is 0 Å². The molecule has 0 radical (unpaired) electrons. The van der Waals surface area contributed by atoms with Crippen LogP contribution in [-0.2, 0) is 79.5 Å². The number of hydrogen-bond acceptors (Lipinski definition) is 18. The molecule has 24 N–H and O–H groups in total. The van der Waals surface area contributed by atoms with Crippen LogP contribution >= 0.6 is 7.82 Å². The van der Waals surface area contributed by atoms with Gasteiger partial charge in [0.1, 0.15) is 60.1 Å². The first-order valence-corrected chi connectivity index (χ1v) is 31.1. The maximum absolute atomic E-state index is 14.5. The number of hydrogen-bond donors (Lipinski definition) is 19. The number of carboxylic acid groups (broad SMARTS) is 2. The van der Waals surface area contributed by atoms with Gasteiger partial charge in [0.2, 0.25) is 59.1 Å². The number of rotatable bonds is 42. The van der Waals surface area contributed by atoms with Gasteiger partial charge in [0.05, 0.1) is 18.6 Å². The summed E-state index contributed by atoms with van der Waals surface area (Å²) in [5, 5.41) is 51.2. The van der Waals surface area contributed by atoms with Crippen LogP contribution in [0.15, 0.2) is 59.6 Å². The molecule has 34 nitrogen and oxygen atoms in total. The lowest BCUT2D eigenvalue weighted by atomic mass is 9.96. The molecule has 0 aliphatic rings. The quantitative estimate of drug-likeness (QED) is 0.0131. The van der Waals surface area contributed by atoms with E-state index in [0.29, 0.717) is 11.1 Å². The van der Waals surface area contributed by atoms with Crippen molar-refractivity contribution in [3.05, 3.63) is 65.7 Å². The number of nitrogens with zero attached hydrogens (tertiary/aromatic N) is 1. The second kappa shape index (κ2) is 39.4. The molecule has 512 valence electrons. The van der Waals surface area contributed by atoms with Gasteiger partial charge in [-0.25, -0.2) is 9.36 Å². The first-order chi connectivity index (χ1) is 43.1. The molecule has 0 aromatic heterocycles. The standard InChI is InChI=1S/C57H90N15O19P/c1-7-30(4)45(54(84)66-36(16-11-12-24-58)48(78)70-41(28-42(59)74)52(82)69-40(26-33-14-9-8-10-15-33)51(81)67-38(56(86)87)17-13-25-63-57(61)62)71-55(85)46(32(6)91-92(88,89)90)72-49(79)37(22-23-43(75)76)65-50(80)39(27-34-18-20-35(73)21-19-34)68-47(77)31(5)64-53(83)44(60)29(2)3/h8-10,14-15,18-21,29-32,36-41,44-46,73H,7,11-13,16-17,22-28,58,60H2,1-6H3,(H2,59,74)(H,64,83)(H,65,80)(H,66,84)(H,67,81)(H,68,77)(H,69,82)(H,70,78)(H,71,85)(H,72,79)(H,75,76)(H,86,87)(H4,61,62,63)(H2,88,89,90)/t30-,31-,32+,36-,37-,38-,39-,40-,41-,44-,45-,46-/m0/s1. The molecule has 0 aliphatic carbocycles. The number of carbonyl (C=O) groups is 12. The Labute approximate surface area is 531 Å². The number of aliphatic imine (C=N–C) groups is 1. The molecular formula is C57H90N15O19P. The van der Waals surface area contributed by atoms with Crippen LogP contribution in [0.1, 0.15) is 110 Å². The van der Waals surface area contributed by atoms with E-state index in [1.54, 1.807) is 51.1 Å². The molecule has 0 spiro atoms. The third-order valence-electron chi connectivity index (χ3n) is 14.3. The zero-order chi connectivity index (χ0) is 69.6. The van der Waals surface area contributed by atoms with E-state index < -0.39 is 171 Å². The van der Waals surface area contributed by atoms with Gasteiger partial charge in [-0.05, 0) is 94.0 Å². The Morgan fingerprint density at radius 1 is 0.554 bits per heavy atom. The van der Waals surface area contributed by atoms with Gasteiger partial charge >= 0.3 is 19.8 Å². The number of nitrogens with two attached hydrogens (primary N) is 5. The fourth-order valence-electron chi connectivity index (χ4n) is 8.80. The van der Waals surface area contributed by atoms with E-state index in [9.17, 15) is 87.2 Å². The average Bonchev–Trinajstić information content (AvgIpc) is 1.05. The maximum atomic E-state index is 14.5. The van der Waals surface area contributed by atoms with E-state index in [1.165, 1.54) is 38.1 Å². The number of aliphatic carboxylic acids is 2. The SMILES string of the molecule is CC[C@H](C)[C@H](NC(=O)[C@@H](NC(=O)[C@H](CCC(=O)O)NC(=O)[C@H](Cc1ccc(O)cc1)NC(=O)[C@H](C)NC(=O)[C@@H](N)C(C)C)[C@@H](C)OP(=O)(O)O)C(=O)N[C@@H](CCCCN)C(=O)N[C@@H](CC(N)=O)C(=O)N[C@@H](Cc1ccccc1)C(=O)N[C@@H](CCCN=C(N)N)C(=O)O. The molecule has 0 saturated carbocycles. The summed E-state index contributed by atoms with van der Waals surface area (Å²) in [6, 6.07) is -2.61. The number of phosphoric acid groups is 1. The number of guanidine groups is 1. The minimum absolute atomic E-state index is 0.0290. The summed E-state index contributed by atoms with van der Waals surface area (Å²) >= 11 is 0. The first-order valence-electron chi connectivity index (χ1n) is 29.6. The molecule has 0 aliphatic heterocycles. The van der Waals surface area contributed by atoms with Gasteiger partial charge in [-0.15, -0.1) is 0 Å². The van der Waals surface area contributed by atoms with Gasteiger partial charge in [-0.3, -0.25) is 62.3 Å². The molecule has 0 fully saturated rings. The van der Waals surface area contributed by atoms with Gasteiger partial charge in [0.25, 0.3) is 0 Å². The summed E-state index contributed by atoms with van der Waals surface area (Å²) in [6.45, 7) is 8.81. The fourth-order valence-corrected chi connectivity index (χ4v) is 9.36. The summed E-state index contributed by atoms with van der Waals surface area (Å²) < 4.78 is 17.1. The van der Waals surface area contributed by atoms with Crippen LogP contribution in [-0.4, -0.2) is 182 Å². The Morgan fingerprint density at radius 3 is 1.54 bits per heavy atom. The van der Waals surface area contributed by atoms with Crippen LogP contribution in [0.4, 0.5) is 0 Å². The smallest absolute Gasteiger partial charge is 0.469 e. The average molecular weight is 1320 g/mol. The highest BCUT2D eigenvalue weighted by atomic mass is 31.2. The third-order valence-corrected chi connectivity index (χ3v) is 14.9. The Balaban J connectivity index is 2.59. The van der Waals surface area contributed by atoms with Crippen LogP contribution in [0, 0.1) is 11.8 Å². The molecule has 92 heavy (non-hydrogen) atoms. The molecule has 2 aromatic carbocycles. The number of unbranched alkanes of at least 4 members (excludes halogenated alkanes) is 1. The topological polar surface area (TPSA) is 583 Å². The molecule has 12 atom stereocenters. The summed E-state index contributed by atoms with van der Waals surface area (Å²) in [5.41, 5.74) is 28.8. The predicted molar refractivity (Wildman–Crippen MR) is 331 cm³/mol. The lowest BCUT2D eigenvalue weighted by Crippen LogP contribution is -2.63.